The molecule has 1 saturated carbocycles. The molecule has 10 heteroatoms. The fourth-order valence-electron chi connectivity index (χ4n) is 5.13. The van der Waals surface area contributed by atoms with Crippen LogP contribution in [-0.4, -0.2) is 62.6 Å². The predicted octanol–water partition coefficient (Wildman–Crippen LogP) is 3.25. The molecule has 1 aromatic carbocycles. The molecular weight excluding hydrogens is 484 g/mol. The first-order chi connectivity index (χ1) is 18.5. The van der Waals surface area contributed by atoms with Crippen LogP contribution in [-0.2, 0) is 19.6 Å². The number of ether oxygens (including phenoxy) is 1. The smallest absolute Gasteiger partial charge is 0.270 e. The lowest BCUT2D eigenvalue weighted by Gasteiger charge is -2.30. The standard InChI is InChI=1S/C28H36N6O4/c1-19-26(38-18-32-19)16-37-24-8-7-21-14-34(10-9-20(21)11-24)15-23(35)13-29-28(36)25-12-27(31-17-30-25)33-22-5-3-2-4-6-22/h7-8,11-12,17-18,22-23,35H,2-6,9-10,13-16H2,1H3,(H,29,36)(H,30,31,33). The molecule has 1 amide bonds. The third-order valence-electron chi connectivity index (χ3n) is 7.31. The van der Waals surface area contributed by atoms with E-state index in [4.69, 9.17) is 9.15 Å². The molecule has 0 spiro atoms. The molecule has 3 N–H and O–H groups in total. The summed E-state index contributed by atoms with van der Waals surface area (Å²) in [7, 11) is 0. The van der Waals surface area contributed by atoms with Crippen molar-refractivity contribution in [2.75, 3.05) is 25.0 Å². The number of aromatic nitrogens is 3. The predicted molar refractivity (Wildman–Crippen MR) is 142 cm³/mol. The Kier molecular flexibility index (Phi) is 8.50. The molecule has 0 bridgehead atoms. The molecule has 1 atom stereocenters. The van der Waals surface area contributed by atoms with E-state index in [0.29, 0.717) is 30.7 Å². The van der Waals surface area contributed by atoms with Crippen molar-refractivity contribution in [3.05, 3.63) is 65.3 Å². The van der Waals surface area contributed by atoms with E-state index in [9.17, 15) is 9.90 Å². The Labute approximate surface area is 222 Å². The van der Waals surface area contributed by atoms with Gasteiger partial charge in [0.1, 0.15) is 30.2 Å². The lowest BCUT2D eigenvalue weighted by Crippen LogP contribution is -2.42. The average molecular weight is 521 g/mol. The largest absolute Gasteiger partial charge is 0.486 e. The number of carbonyl (C=O) groups excluding carboxylic acids is 1. The number of benzene rings is 1. The molecule has 38 heavy (non-hydrogen) atoms. The van der Waals surface area contributed by atoms with Crippen molar-refractivity contribution in [2.24, 2.45) is 0 Å². The number of aliphatic hydroxyl groups is 1. The van der Waals surface area contributed by atoms with Crippen LogP contribution in [0.5, 0.6) is 5.75 Å². The van der Waals surface area contributed by atoms with Gasteiger partial charge in [-0.1, -0.05) is 25.3 Å². The second kappa shape index (κ2) is 12.4. The van der Waals surface area contributed by atoms with E-state index in [1.54, 1.807) is 6.07 Å². The minimum absolute atomic E-state index is 0.158. The molecule has 1 unspecified atom stereocenters. The van der Waals surface area contributed by atoms with Crippen LogP contribution in [0.1, 0.15) is 65.2 Å². The van der Waals surface area contributed by atoms with Gasteiger partial charge in [0.05, 0.1) is 11.8 Å². The number of hydrogen-bond acceptors (Lipinski definition) is 9. The minimum atomic E-state index is -0.685. The maximum absolute atomic E-state index is 12.7. The number of β-amino-alcohol motifs (C(OH)–C–C–N with tert-alkyl or cyclic N) is 1. The number of oxazole rings is 1. The van der Waals surface area contributed by atoms with Gasteiger partial charge in [0.15, 0.2) is 12.2 Å². The quantitative estimate of drug-likeness (QED) is 0.369. The van der Waals surface area contributed by atoms with Gasteiger partial charge in [0, 0.05) is 38.3 Å². The summed E-state index contributed by atoms with van der Waals surface area (Å²) in [5, 5.41) is 16.8. The third-order valence-corrected chi connectivity index (χ3v) is 7.31. The highest BCUT2D eigenvalue weighted by molar-refractivity contribution is 5.92. The highest BCUT2D eigenvalue weighted by atomic mass is 16.5. The number of nitrogens with one attached hydrogen (secondary N) is 2. The molecule has 5 rings (SSSR count). The molecule has 10 nitrogen and oxygen atoms in total. The summed E-state index contributed by atoms with van der Waals surface area (Å²) < 4.78 is 11.2. The summed E-state index contributed by atoms with van der Waals surface area (Å²) in [6, 6.07) is 8.20. The Balaban J connectivity index is 1.07. The zero-order valence-corrected chi connectivity index (χ0v) is 21.9. The van der Waals surface area contributed by atoms with Crippen LogP contribution in [0.4, 0.5) is 5.82 Å². The van der Waals surface area contributed by atoms with E-state index >= 15 is 0 Å². The van der Waals surface area contributed by atoms with Crippen LogP contribution >= 0.6 is 0 Å². The molecule has 2 aromatic heterocycles. The number of aliphatic hydroxyl groups excluding tert-OH is 1. The average Bonchev–Trinajstić information content (AvgIpc) is 3.35. The van der Waals surface area contributed by atoms with Crippen molar-refractivity contribution in [1.29, 1.82) is 0 Å². The minimum Gasteiger partial charge on any atom is -0.486 e. The zero-order valence-electron chi connectivity index (χ0n) is 21.9. The van der Waals surface area contributed by atoms with Crippen molar-refractivity contribution >= 4 is 11.7 Å². The topological polar surface area (TPSA) is 126 Å². The summed E-state index contributed by atoms with van der Waals surface area (Å²) in [4.78, 5) is 27.3. The first-order valence-corrected chi connectivity index (χ1v) is 13.4. The van der Waals surface area contributed by atoms with Gasteiger partial charge in [-0.05, 0) is 49.4 Å². The van der Waals surface area contributed by atoms with Crippen molar-refractivity contribution in [3.8, 4) is 5.75 Å². The Morgan fingerprint density at radius 1 is 1.18 bits per heavy atom. The van der Waals surface area contributed by atoms with E-state index < -0.39 is 6.10 Å². The Morgan fingerprint density at radius 2 is 2.05 bits per heavy atom. The van der Waals surface area contributed by atoms with E-state index in [1.165, 1.54) is 43.1 Å². The maximum atomic E-state index is 12.7. The van der Waals surface area contributed by atoms with Gasteiger partial charge in [-0.3, -0.25) is 9.69 Å². The van der Waals surface area contributed by atoms with Gasteiger partial charge in [-0.25, -0.2) is 15.0 Å². The zero-order chi connectivity index (χ0) is 26.3. The van der Waals surface area contributed by atoms with Crippen LogP contribution in [0, 0.1) is 6.92 Å². The molecule has 202 valence electrons. The van der Waals surface area contributed by atoms with Gasteiger partial charge < -0.3 is 24.9 Å². The number of carbonyl (C=O) groups is 1. The Bertz CT molecular complexity index is 1230. The molecule has 0 saturated heterocycles. The molecule has 3 heterocycles. The highest BCUT2D eigenvalue weighted by Crippen LogP contribution is 2.25. The van der Waals surface area contributed by atoms with E-state index in [1.807, 2.05) is 13.0 Å². The molecule has 1 aliphatic heterocycles. The van der Waals surface area contributed by atoms with E-state index in [2.05, 4.69) is 42.6 Å². The fraction of sp³-hybridized carbons (Fsp3) is 0.500. The van der Waals surface area contributed by atoms with Crippen LogP contribution in [0.3, 0.4) is 0 Å². The van der Waals surface area contributed by atoms with Gasteiger partial charge in [-0.2, -0.15) is 0 Å². The van der Waals surface area contributed by atoms with E-state index in [-0.39, 0.29) is 12.5 Å². The Morgan fingerprint density at radius 3 is 2.87 bits per heavy atom. The molecule has 2 aliphatic rings. The van der Waals surface area contributed by atoms with Gasteiger partial charge in [0.25, 0.3) is 5.91 Å². The number of anilines is 1. The van der Waals surface area contributed by atoms with E-state index in [0.717, 1.165) is 49.6 Å². The summed E-state index contributed by atoms with van der Waals surface area (Å²) in [5.74, 6) is 1.89. The normalized spacial score (nSPS) is 17.0. The number of hydrogen-bond donors (Lipinski definition) is 3. The molecule has 1 fully saturated rings. The van der Waals surface area contributed by atoms with Gasteiger partial charge in [0.2, 0.25) is 0 Å². The van der Waals surface area contributed by atoms with Gasteiger partial charge in [-0.15, -0.1) is 0 Å². The summed E-state index contributed by atoms with van der Waals surface area (Å²) in [6.07, 6.45) is 8.98. The van der Waals surface area contributed by atoms with Crippen molar-refractivity contribution in [1.82, 2.24) is 25.2 Å². The molecular formula is C28H36N6O4. The summed E-state index contributed by atoms with van der Waals surface area (Å²) >= 11 is 0. The van der Waals surface area contributed by atoms with Crippen LogP contribution in [0.25, 0.3) is 0 Å². The number of nitrogens with zero attached hydrogens (tertiary/aromatic N) is 4. The van der Waals surface area contributed by atoms with Crippen LogP contribution in [0.2, 0.25) is 0 Å². The van der Waals surface area contributed by atoms with Crippen LogP contribution < -0.4 is 15.4 Å². The maximum Gasteiger partial charge on any atom is 0.270 e. The van der Waals surface area contributed by atoms with Crippen LogP contribution in [0.15, 0.2) is 41.4 Å². The summed E-state index contributed by atoms with van der Waals surface area (Å²) in [6.45, 7) is 4.44. The number of fused-ring (bicyclic) bond motifs is 1. The first-order valence-electron chi connectivity index (χ1n) is 13.4. The summed E-state index contributed by atoms with van der Waals surface area (Å²) in [5.41, 5.74) is 3.60. The molecule has 0 radical (unpaired) electrons. The number of rotatable bonds is 10. The number of aryl methyl sites for hydroxylation is 1. The third kappa shape index (κ3) is 6.87. The number of amides is 1. The van der Waals surface area contributed by atoms with Crippen molar-refractivity contribution in [3.63, 3.8) is 0 Å². The van der Waals surface area contributed by atoms with Gasteiger partial charge >= 0.3 is 0 Å². The monoisotopic (exact) mass is 520 g/mol. The second-order valence-electron chi connectivity index (χ2n) is 10.2. The lowest BCUT2D eigenvalue weighted by atomic mass is 9.95. The Hall–Kier alpha value is -3.50. The fourth-order valence-corrected chi connectivity index (χ4v) is 5.13. The van der Waals surface area contributed by atoms with Crippen molar-refractivity contribution < 1.29 is 19.1 Å². The van der Waals surface area contributed by atoms with Crippen molar-refractivity contribution in [2.45, 2.75) is 70.7 Å². The first kappa shape index (κ1) is 26.1. The highest BCUT2D eigenvalue weighted by Gasteiger charge is 2.21. The SMILES string of the molecule is Cc1ncoc1COc1ccc2c(c1)CCN(CC(O)CNC(=O)c1cc(NC3CCCCC3)ncn1)C2. The molecule has 3 aromatic rings. The molecule has 1 aliphatic carbocycles. The lowest BCUT2D eigenvalue weighted by molar-refractivity contribution is 0.0838. The second-order valence-corrected chi connectivity index (χ2v) is 10.2.